The molecule has 4 aromatic rings. The molecule has 35 heavy (non-hydrogen) atoms. The van der Waals surface area contributed by atoms with Gasteiger partial charge >= 0.3 is 0 Å². The molecular formula is C29H29N3O3. The number of piperidine rings is 1. The smallest absolute Gasteiger partial charge is 0.253 e. The number of fused-ring (bicyclic) bond motifs is 1. The number of aromatic nitrogens is 1. The van der Waals surface area contributed by atoms with Crippen LogP contribution in [0, 0.1) is 18.8 Å². The number of oxazole rings is 1. The number of carbonyl (C=O) groups is 2. The van der Waals surface area contributed by atoms with Crippen LogP contribution in [0.15, 0.2) is 77.2 Å². The van der Waals surface area contributed by atoms with Crippen molar-refractivity contribution in [3.8, 4) is 11.5 Å². The Balaban J connectivity index is 1.20. The fourth-order valence-electron chi connectivity index (χ4n) is 4.66. The quantitative estimate of drug-likeness (QED) is 0.395. The van der Waals surface area contributed by atoms with Gasteiger partial charge in [0.05, 0.1) is 0 Å². The highest BCUT2D eigenvalue weighted by Gasteiger charge is 2.30. The molecule has 1 aliphatic heterocycles. The first kappa shape index (κ1) is 22.8. The SMILES string of the molecule is Cc1ccc(NC(=O)[C@@H](C)C2CCN(C(=O)c3ccc4oc(-c5ccccc5)nc4c3)CC2)cc1. The van der Waals surface area contributed by atoms with E-state index in [1.807, 2.05) is 79.4 Å². The molecule has 1 aromatic heterocycles. The summed E-state index contributed by atoms with van der Waals surface area (Å²) in [6.45, 7) is 5.28. The van der Waals surface area contributed by atoms with Gasteiger partial charge in [0.25, 0.3) is 5.91 Å². The third-order valence-corrected chi connectivity index (χ3v) is 6.92. The number of carbonyl (C=O) groups excluding carboxylic acids is 2. The van der Waals surface area contributed by atoms with Gasteiger partial charge < -0.3 is 14.6 Å². The lowest BCUT2D eigenvalue weighted by atomic mass is 9.84. The van der Waals surface area contributed by atoms with E-state index in [9.17, 15) is 9.59 Å². The summed E-state index contributed by atoms with van der Waals surface area (Å²) in [5, 5.41) is 3.02. The van der Waals surface area contributed by atoms with E-state index in [2.05, 4.69) is 10.3 Å². The summed E-state index contributed by atoms with van der Waals surface area (Å²) in [5.74, 6) is 0.701. The highest BCUT2D eigenvalue weighted by atomic mass is 16.3. The average Bonchev–Trinajstić information content (AvgIpc) is 3.33. The van der Waals surface area contributed by atoms with Gasteiger partial charge in [-0.05, 0) is 68.1 Å². The highest BCUT2D eigenvalue weighted by Crippen LogP contribution is 2.29. The van der Waals surface area contributed by atoms with Crippen molar-refractivity contribution in [3.05, 3.63) is 83.9 Å². The van der Waals surface area contributed by atoms with Crippen LogP contribution in [-0.2, 0) is 4.79 Å². The summed E-state index contributed by atoms with van der Waals surface area (Å²) in [6, 6.07) is 23.0. The molecule has 0 aliphatic carbocycles. The molecular weight excluding hydrogens is 438 g/mol. The number of aryl methyl sites for hydroxylation is 1. The van der Waals surface area contributed by atoms with Crippen molar-refractivity contribution in [1.29, 1.82) is 0 Å². The van der Waals surface area contributed by atoms with Crippen molar-refractivity contribution in [1.82, 2.24) is 9.88 Å². The molecule has 0 spiro atoms. The number of nitrogens with one attached hydrogen (secondary N) is 1. The molecule has 1 fully saturated rings. The van der Waals surface area contributed by atoms with Gasteiger partial charge in [-0.15, -0.1) is 0 Å². The topological polar surface area (TPSA) is 75.4 Å². The zero-order chi connectivity index (χ0) is 24.4. The van der Waals surface area contributed by atoms with Gasteiger partial charge in [-0.2, -0.15) is 0 Å². The number of likely N-dealkylation sites (tertiary alicyclic amines) is 1. The Bertz CT molecular complexity index is 1340. The van der Waals surface area contributed by atoms with Crippen LogP contribution in [0.25, 0.3) is 22.6 Å². The van der Waals surface area contributed by atoms with E-state index in [0.717, 1.165) is 29.7 Å². The maximum atomic E-state index is 13.2. The van der Waals surface area contributed by atoms with E-state index in [1.165, 1.54) is 0 Å². The van der Waals surface area contributed by atoms with Crippen molar-refractivity contribution in [2.75, 3.05) is 18.4 Å². The molecule has 178 valence electrons. The van der Waals surface area contributed by atoms with E-state index < -0.39 is 0 Å². The molecule has 2 heterocycles. The van der Waals surface area contributed by atoms with Crippen molar-refractivity contribution < 1.29 is 14.0 Å². The Morgan fingerprint density at radius 2 is 1.71 bits per heavy atom. The molecule has 6 heteroatoms. The van der Waals surface area contributed by atoms with E-state index in [4.69, 9.17) is 4.42 Å². The third-order valence-electron chi connectivity index (χ3n) is 6.92. The van der Waals surface area contributed by atoms with Crippen molar-refractivity contribution in [2.45, 2.75) is 26.7 Å². The standard InChI is InChI=1S/C29H29N3O3/c1-19-8-11-24(12-9-19)30-27(33)20(2)21-14-16-32(17-15-21)29(34)23-10-13-26-25(18-23)31-28(35-26)22-6-4-3-5-7-22/h3-13,18,20-21H,14-17H2,1-2H3,(H,30,33)/t20-/m0/s1. The summed E-state index contributed by atoms with van der Waals surface area (Å²) in [4.78, 5) is 32.4. The minimum atomic E-state index is -0.114. The summed E-state index contributed by atoms with van der Waals surface area (Å²) in [7, 11) is 0. The van der Waals surface area contributed by atoms with E-state index >= 15 is 0 Å². The summed E-state index contributed by atoms with van der Waals surface area (Å²) in [6.07, 6.45) is 1.61. The fraction of sp³-hybridized carbons (Fsp3) is 0.276. The van der Waals surface area contributed by atoms with Crippen molar-refractivity contribution >= 4 is 28.6 Å². The molecule has 1 saturated heterocycles. The van der Waals surface area contributed by atoms with Gasteiger partial charge in [-0.1, -0.05) is 42.8 Å². The molecule has 1 atom stereocenters. The molecule has 1 aliphatic rings. The molecule has 6 nitrogen and oxygen atoms in total. The first-order chi connectivity index (χ1) is 17.0. The zero-order valence-corrected chi connectivity index (χ0v) is 20.0. The Morgan fingerprint density at radius 3 is 2.43 bits per heavy atom. The van der Waals surface area contributed by atoms with E-state index in [-0.39, 0.29) is 23.7 Å². The van der Waals surface area contributed by atoms with Gasteiger partial charge in [-0.25, -0.2) is 4.98 Å². The summed E-state index contributed by atoms with van der Waals surface area (Å²) < 4.78 is 5.87. The van der Waals surface area contributed by atoms with Gasteiger partial charge in [-0.3, -0.25) is 9.59 Å². The Hall–Kier alpha value is -3.93. The second kappa shape index (κ2) is 9.74. The number of rotatable bonds is 5. The number of hydrogen-bond acceptors (Lipinski definition) is 4. The first-order valence-corrected chi connectivity index (χ1v) is 12.1. The highest BCUT2D eigenvalue weighted by molar-refractivity contribution is 5.97. The second-order valence-corrected chi connectivity index (χ2v) is 9.34. The van der Waals surface area contributed by atoms with E-state index in [0.29, 0.717) is 35.6 Å². The van der Waals surface area contributed by atoms with E-state index in [1.54, 1.807) is 12.1 Å². The number of hydrogen-bond donors (Lipinski definition) is 1. The number of benzene rings is 3. The van der Waals surface area contributed by atoms with Crippen molar-refractivity contribution in [2.24, 2.45) is 11.8 Å². The Kier molecular flexibility index (Phi) is 6.36. The van der Waals surface area contributed by atoms with Crippen molar-refractivity contribution in [3.63, 3.8) is 0 Å². The predicted octanol–water partition coefficient (Wildman–Crippen LogP) is 5.93. The normalized spacial score (nSPS) is 15.2. The Morgan fingerprint density at radius 1 is 1.00 bits per heavy atom. The fourth-order valence-corrected chi connectivity index (χ4v) is 4.66. The zero-order valence-electron chi connectivity index (χ0n) is 20.0. The number of nitrogens with zero attached hydrogens (tertiary/aromatic N) is 2. The average molecular weight is 468 g/mol. The lowest BCUT2D eigenvalue weighted by Crippen LogP contribution is -2.41. The second-order valence-electron chi connectivity index (χ2n) is 9.34. The van der Waals surface area contributed by atoms with Gasteiger partial charge in [0.1, 0.15) is 5.52 Å². The number of amides is 2. The molecule has 0 saturated carbocycles. The minimum Gasteiger partial charge on any atom is -0.436 e. The van der Waals surface area contributed by atoms with Crippen LogP contribution in [0.5, 0.6) is 0 Å². The monoisotopic (exact) mass is 467 g/mol. The van der Waals surface area contributed by atoms with Crippen LogP contribution in [0.3, 0.4) is 0 Å². The molecule has 0 radical (unpaired) electrons. The van der Waals surface area contributed by atoms with Crippen LogP contribution in [0.1, 0.15) is 35.7 Å². The largest absolute Gasteiger partial charge is 0.436 e. The van der Waals surface area contributed by atoms with Crippen LogP contribution < -0.4 is 5.32 Å². The third kappa shape index (κ3) is 4.97. The van der Waals surface area contributed by atoms with Crippen LogP contribution in [-0.4, -0.2) is 34.8 Å². The maximum absolute atomic E-state index is 13.2. The first-order valence-electron chi connectivity index (χ1n) is 12.1. The lowest BCUT2D eigenvalue weighted by Gasteiger charge is -2.34. The molecule has 3 aromatic carbocycles. The lowest BCUT2D eigenvalue weighted by molar-refractivity contribution is -0.121. The van der Waals surface area contributed by atoms with Crippen LogP contribution >= 0.6 is 0 Å². The molecule has 0 unspecified atom stereocenters. The van der Waals surface area contributed by atoms with Gasteiger partial charge in [0, 0.05) is 35.8 Å². The molecule has 2 amide bonds. The van der Waals surface area contributed by atoms with Gasteiger partial charge in [0.2, 0.25) is 11.8 Å². The molecule has 1 N–H and O–H groups in total. The number of anilines is 1. The molecule has 0 bridgehead atoms. The van der Waals surface area contributed by atoms with Crippen LogP contribution in [0.4, 0.5) is 5.69 Å². The molecule has 5 rings (SSSR count). The predicted molar refractivity (Wildman–Crippen MR) is 137 cm³/mol. The summed E-state index contributed by atoms with van der Waals surface area (Å²) in [5.41, 5.74) is 4.82. The minimum absolute atomic E-state index is 0.00799. The Labute approximate surface area is 205 Å². The van der Waals surface area contributed by atoms with Gasteiger partial charge in [0.15, 0.2) is 5.58 Å². The van der Waals surface area contributed by atoms with Crippen LogP contribution in [0.2, 0.25) is 0 Å². The summed E-state index contributed by atoms with van der Waals surface area (Å²) >= 11 is 0. The maximum Gasteiger partial charge on any atom is 0.253 e.